The van der Waals surface area contributed by atoms with Gasteiger partial charge in [-0.2, -0.15) is 9.40 Å². The van der Waals surface area contributed by atoms with E-state index >= 15 is 0 Å². The molecule has 0 bridgehead atoms. The molecule has 0 unspecified atom stereocenters. The third-order valence-corrected chi connectivity index (χ3v) is 7.75. The predicted molar refractivity (Wildman–Crippen MR) is 113 cm³/mol. The van der Waals surface area contributed by atoms with Gasteiger partial charge in [0, 0.05) is 49.5 Å². The molecule has 160 valence electrons. The molecule has 1 saturated heterocycles. The molecule has 0 radical (unpaired) electrons. The molecule has 1 aliphatic rings. The number of carbonyl (C=O) groups is 1. The molecular formula is C19H23N5O4S2. The average molecular weight is 450 g/mol. The van der Waals surface area contributed by atoms with Crippen molar-refractivity contribution < 1.29 is 17.9 Å². The van der Waals surface area contributed by atoms with E-state index in [1.165, 1.54) is 32.7 Å². The van der Waals surface area contributed by atoms with Crippen LogP contribution in [0.2, 0.25) is 0 Å². The first-order valence-corrected chi connectivity index (χ1v) is 11.8. The molecule has 1 N–H and O–H groups in total. The minimum Gasteiger partial charge on any atom is -0.371 e. The van der Waals surface area contributed by atoms with Gasteiger partial charge in [0.25, 0.3) is 5.91 Å². The lowest BCUT2D eigenvalue weighted by atomic mass is 10.0. The highest BCUT2D eigenvalue weighted by atomic mass is 32.2. The Balaban J connectivity index is 1.72. The van der Waals surface area contributed by atoms with Crippen molar-refractivity contribution in [3.8, 4) is 0 Å². The van der Waals surface area contributed by atoms with Crippen LogP contribution in [-0.2, 0) is 21.8 Å². The van der Waals surface area contributed by atoms with E-state index < -0.39 is 16.1 Å². The molecule has 0 spiro atoms. The normalized spacial score (nSPS) is 18.2. The summed E-state index contributed by atoms with van der Waals surface area (Å²) in [6.07, 6.45) is 3.92. The number of aromatic nitrogens is 3. The van der Waals surface area contributed by atoms with E-state index in [9.17, 15) is 13.2 Å². The maximum absolute atomic E-state index is 13.1. The molecule has 4 heterocycles. The molecular weight excluding hydrogens is 426 g/mol. The summed E-state index contributed by atoms with van der Waals surface area (Å²) in [6.45, 7) is 4.36. The van der Waals surface area contributed by atoms with Gasteiger partial charge in [0.1, 0.15) is 14.6 Å². The minimum absolute atomic E-state index is 0.0294. The highest BCUT2D eigenvalue weighted by Crippen LogP contribution is 2.38. The molecule has 4 rings (SSSR count). The van der Waals surface area contributed by atoms with Gasteiger partial charge in [-0.3, -0.25) is 9.48 Å². The van der Waals surface area contributed by atoms with Gasteiger partial charge >= 0.3 is 0 Å². The topological polar surface area (TPSA) is 106 Å². The highest BCUT2D eigenvalue weighted by molar-refractivity contribution is 7.89. The Morgan fingerprint density at radius 1 is 1.40 bits per heavy atom. The number of nitrogens with zero attached hydrogens (tertiary/aromatic N) is 4. The number of sulfonamides is 1. The lowest BCUT2D eigenvalue weighted by molar-refractivity contribution is -0.00193. The summed E-state index contributed by atoms with van der Waals surface area (Å²) >= 11 is 1.29. The fourth-order valence-electron chi connectivity index (χ4n) is 3.47. The van der Waals surface area contributed by atoms with Gasteiger partial charge in [0.05, 0.1) is 18.9 Å². The van der Waals surface area contributed by atoms with Gasteiger partial charge in [-0.1, -0.05) is 6.07 Å². The number of thiophene rings is 1. The zero-order valence-corrected chi connectivity index (χ0v) is 18.5. The number of rotatable bonds is 5. The SMILES string of the molecule is CC(C)NC(=O)c1sc2ncccc2c1[C@H]1CN(S(=O)(=O)c2cnn(C)c2)CCO1. The number of aryl methyl sites for hydroxylation is 1. The Morgan fingerprint density at radius 3 is 2.90 bits per heavy atom. The van der Waals surface area contributed by atoms with Gasteiger partial charge in [-0.25, -0.2) is 13.4 Å². The van der Waals surface area contributed by atoms with E-state index in [0.717, 1.165) is 10.2 Å². The van der Waals surface area contributed by atoms with Crippen LogP contribution in [0.3, 0.4) is 0 Å². The van der Waals surface area contributed by atoms with Gasteiger partial charge in [0.2, 0.25) is 10.0 Å². The van der Waals surface area contributed by atoms with Crippen molar-refractivity contribution in [3.63, 3.8) is 0 Å². The number of nitrogens with one attached hydrogen (secondary N) is 1. The predicted octanol–water partition coefficient (Wildman–Crippen LogP) is 1.93. The number of pyridine rings is 1. The largest absolute Gasteiger partial charge is 0.371 e. The molecule has 0 saturated carbocycles. The van der Waals surface area contributed by atoms with E-state index in [1.54, 1.807) is 19.3 Å². The Bertz CT molecular complexity index is 1180. The van der Waals surface area contributed by atoms with Crippen LogP contribution in [0, 0.1) is 0 Å². The number of morpholine rings is 1. The molecule has 30 heavy (non-hydrogen) atoms. The number of carbonyl (C=O) groups excluding carboxylic acids is 1. The fourth-order valence-corrected chi connectivity index (χ4v) is 5.98. The molecule has 0 aliphatic carbocycles. The fraction of sp³-hybridized carbons (Fsp3) is 0.421. The minimum atomic E-state index is -3.71. The average Bonchev–Trinajstić information content (AvgIpc) is 3.32. The van der Waals surface area contributed by atoms with Gasteiger partial charge < -0.3 is 10.1 Å². The van der Waals surface area contributed by atoms with Crippen molar-refractivity contribution >= 4 is 37.5 Å². The molecule has 1 atom stereocenters. The number of fused-ring (bicyclic) bond motifs is 1. The lowest BCUT2D eigenvalue weighted by Gasteiger charge is -2.32. The molecule has 1 fully saturated rings. The van der Waals surface area contributed by atoms with Crippen LogP contribution in [0.4, 0.5) is 0 Å². The van der Waals surface area contributed by atoms with E-state index in [2.05, 4.69) is 15.4 Å². The van der Waals surface area contributed by atoms with Crippen LogP contribution in [-0.4, -0.2) is 59.1 Å². The van der Waals surface area contributed by atoms with E-state index in [4.69, 9.17) is 4.74 Å². The monoisotopic (exact) mass is 449 g/mol. The quantitative estimate of drug-likeness (QED) is 0.638. The Morgan fingerprint density at radius 2 is 2.20 bits per heavy atom. The van der Waals surface area contributed by atoms with Crippen molar-refractivity contribution in [2.75, 3.05) is 19.7 Å². The van der Waals surface area contributed by atoms with Crippen LogP contribution < -0.4 is 5.32 Å². The van der Waals surface area contributed by atoms with Crippen molar-refractivity contribution in [3.05, 3.63) is 41.2 Å². The second kappa shape index (κ2) is 8.06. The number of hydrogen-bond donors (Lipinski definition) is 1. The smallest absolute Gasteiger partial charge is 0.262 e. The third-order valence-electron chi connectivity index (χ3n) is 4.80. The Kier molecular flexibility index (Phi) is 5.62. The third kappa shape index (κ3) is 3.85. The molecule has 3 aromatic heterocycles. The Hall–Kier alpha value is -2.34. The van der Waals surface area contributed by atoms with E-state index in [-0.39, 0.29) is 36.5 Å². The van der Waals surface area contributed by atoms with Crippen LogP contribution in [0.1, 0.15) is 35.2 Å². The van der Waals surface area contributed by atoms with Crippen LogP contribution in [0.15, 0.2) is 35.6 Å². The van der Waals surface area contributed by atoms with Crippen molar-refractivity contribution in [2.24, 2.45) is 7.05 Å². The zero-order valence-electron chi connectivity index (χ0n) is 16.9. The second-order valence-electron chi connectivity index (χ2n) is 7.40. The first-order valence-electron chi connectivity index (χ1n) is 9.56. The molecule has 9 nitrogen and oxygen atoms in total. The molecule has 11 heteroatoms. The standard InChI is InChI=1S/C19H23N5O4S2/c1-12(2)22-18(25)17-16(14-5-4-6-20-19(14)29-17)15-11-24(7-8-28-15)30(26,27)13-9-21-23(3)10-13/h4-6,9-10,12,15H,7-8,11H2,1-3H3,(H,22,25)/t15-/m1/s1. The molecule has 1 aliphatic heterocycles. The van der Waals surface area contributed by atoms with Crippen LogP contribution in [0.5, 0.6) is 0 Å². The second-order valence-corrected chi connectivity index (χ2v) is 10.3. The van der Waals surface area contributed by atoms with Gasteiger partial charge in [0.15, 0.2) is 0 Å². The van der Waals surface area contributed by atoms with Crippen LogP contribution in [0.25, 0.3) is 10.2 Å². The van der Waals surface area contributed by atoms with Crippen molar-refractivity contribution in [2.45, 2.75) is 30.9 Å². The number of ether oxygens (including phenoxy) is 1. The molecule has 1 amide bonds. The lowest BCUT2D eigenvalue weighted by Crippen LogP contribution is -2.42. The first kappa shape index (κ1) is 20.9. The van der Waals surface area contributed by atoms with Gasteiger partial charge in [-0.15, -0.1) is 11.3 Å². The maximum Gasteiger partial charge on any atom is 0.262 e. The summed E-state index contributed by atoms with van der Waals surface area (Å²) in [5, 5.41) is 7.69. The summed E-state index contributed by atoms with van der Waals surface area (Å²) in [7, 11) is -2.04. The van der Waals surface area contributed by atoms with Crippen molar-refractivity contribution in [1.82, 2.24) is 24.4 Å². The van der Waals surface area contributed by atoms with Crippen molar-refractivity contribution in [1.29, 1.82) is 0 Å². The van der Waals surface area contributed by atoms with Crippen LogP contribution >= 0.6 is 11.3 Å². The van der Waals surface area contributed by atoms with Gasteiger partial charge in [-0.05, 0) is 19.9 Å². The first-order chi connectivity index (χ1) is 14.3. The number of hydrogen-bond acceptors (Lipinski definition) is 7. The number of amides is 1. The maximum atomic E-state index is 13.1. The molecule has 3 aromatic rings. The summed E-state index contributed by atoms with van der Waals surface area (Å²) in [4.78, 5) is 18.6. The molecule has 0 aromatic carbocycles. The zero-order chi connectivity index (χ0) is 21.5. The highest BCUT2D eigenvalue weighted by Gasteiger charge is 2.35. The summed E-state index contributed by atoms with van der Waals surface area (Å²) in [6, 6.07) is 3.66. The summed E-state index contributed by atoms with van der Waals surface area (Å²) in [5.41, 5.74) is 0.687. The summed E-state index contributed by atoms with van der Waals surface area (Å²) < 4.78 is 35.0. The summed E-state index contributed by atoms with van der Waals surface area (Å²) in [5.74, 6) is -0.209. The Labute approximate surface area is 178 Å². The van der Waals surface area contributed by atoms with E-state index in [1.807, 2.05) is 19.9 Å². The van der Waals surface area contributed by atoms with E-state index in [0.29, 0.717) is 10.4 Å².